The van der Waals surface area contributed by atoms with Crippen molar-refractivity contribution in [2.45, 2.75) is 7.43 Å². The average molecular weight is 153 g/mol. The van der Waals surface area contributed by atoms with Gasteiger partial charge in [0, 0.05) is 5.69 Å². The topological polar surface area (TPSA) is 63.3 Å². The molecule has 1 aromatic carbocycles. The van der Waals surface area contributed by atoms with E-state index in [2.05, 4.69) is 0 Å². The van der Waals surface area contributed by atoms with Crippen molar-refractivity contribution in [1.29, 1.82) is 0 Å². The Bertz CT molecular complexity index is 258. The molecule has 0 amide bonds. The molecule has 0 unspecified atom stereocenters. The van der Waals surface area contributed by atoms with Crippen LogP contribution >= 0.6 is 0 Å². The minimum absolute atomic E-state index is 0. The number of nitrogens with two attached hydrogens (primary N) is 1. The van der Waals surface area contributed by atoms with Crippen LogP contribution in [0.1, 0.15) is 17.8 Å². The standard InChI is InChI=1S/C7H7NO2.CH4/c8-6-4-2-1-3-5(6)7(9)10;/h1-4H,8H2,(H,9,10);1H4. The number of hydrogen-bond acceptors (Lipinski definition) is 2. The molecule has 0 bridgehead atoms. The zero-order valence-corrected chi connectivity index (χ0v) is 5.24. The van der Waals surface area contributed by atoms with Crippen LogP contribution in [-0.4, -0.2) is 11.1 Å². The molecule has 0 atom stereocenters. The van der Waals surface area contributed by atoms with E-state index in [4.69, 9.17) is 10.8 Å². The first-order chi connectivity index (χ1) is 4.72. The normalized spacial score (nSPS) is 8.36. The Morgan fingerprint density at radius 2 is 1.91 bits per heavy atom. The van der Waals surface area contributed by atoms with Gasteiger partial charge in [0.05, 0.1) is 5.56 Å². The number of hydrogen-bond donors (Lipinski definition) is 2. The number of aromatic carboxylic acids is 1. The Kier molecular flexibility index (Phi) is 3.11. The molecular formula is C8H11NO2. The molecule has 0 spiro atoms. The average Bonchev–Trinajstić information content (AvgIpc) is 1.88. The van der Waals surface area contributed by atoms with Crippen molar-refractivity contribution in [2.24, 2.45) is 0 Å². The molecule has 0 radical (unpaired) electrons. The molecule has 0 aliphatic heterocycles. The van der Waals surface area contributed by atoms with Crippen LogP contribution in [0.15, 0.2) is 24.3 Å². The molecule has 0 heterocycles. The van der Waals surface area contributed by atoms with Crippen LogP contribution in [0.3, 0.4) is 0 Å². The van der Waals surface area contributed by atoms with E-state index in [-0.39, 0.29) is 13.0 Å². The van der Waals surface area contributed by atoms with Gasteiger partial charge in [0.1, 0.15) is 0 Å². The SMILES string of the molecule is C.Nc1ccccc1C(=O)O. The molecule has 3 nitrogen and oxygen atoms in total. The summed E-state index contributed by atoms with van der Waals surface area (Å²) in [6.45, 7) is 0. The fourth-order valence-electron chi connectivity index (χ4n) is 0.692. The van der Waals surface area contributed by atoms with Gasteiger partial charge in [0.15, 0.2) is 0 Å². The first-order valence-electron chi connectivity index (χ1n) is 2.79. The molecule has 1 rings (SSSR count). The van der Waals surface area contributed by atoms with Crippen LogP contribution in [0.2, 0.25) is 0 Å². The van der Waals surface area contributed by atoms with E-state index < -0.39 is 5.97 Å². The molecule has 3 heteroatoms. The van der Waals surface area contributed by atoms with Gasteiger partial charge in [0.2, 0.25) is 0 Å². The number of anilines is 1. The van der Waals surface area contributed by atoms with Gasteiger partial charge in [-0.2, -0.15) is 0 Å². The van der Waals surface area contributed by atoms with Gasteiger partial charge in [-0.15, -0.1) is 0 Å². The monoisotopic (exact) mass is 153 g/mol. The summed E-state index contributed by atoms with van der Waals surface area (Å²) in [6.07, 6.45) is 0. The second-order valence-corrected chi connectivity index (χ2v) is 1.89. The predicted octanol–water partition coefficient (Wildman–Crippen LogP) is 1.60. The molecule has 0 aliphatic carbocycles. The molecule has 0 saturated carbocycles. The fourth-order valence-corrected chi connectivity index (χ4v) is 0.692. The lowest BCUT2D eigenvalue weighted by Crippen LogP contribution is -2.00. The van der Waals surface area contributed by atoms with Gasteiger partial charge in [0.25, 0.3) is 0 Å². The zero-order valence-electron chi connectivity index (χ0n) is 5.24. The number of carboxylic acid groups (broad SMARTS) is 1. The third-order valence-electron chi connectivity index (χ3n) is 1.19. The third-order valence-corrected chi connectivity index (χ3v) is 1.19. The number of para-hydroxylation sites is 1. The van der Waals surface area contributed by atoms with E-state index in [1.54, 1.807) is 18.2 Å². The first kappa shape index (κ1) is 9.49. The lowest BCUT2D eigenvalue weighted by Gasteiger charge is -1.96. The van der Waals surface area contributed by atoms with Crippen molar-refractivity contribution in [3.63, 3.8) is 0 Å². The summed E-state index contributed by atoms with van der Waals surface area (Å²) in [6, 6.07) is 6.36. The van der Waals surface area contributed by atoms with Crippen LogP contribution in [0.25, 0.3) is 0 Å². The Morgan fingerprint density at radius 1 is 1.36 bits per heavy atom. The summed E-state index contributed by atoms with van der Waals surface area (Å²) in [5.74, 6) is -0.988. The lowest BCUT2D eigenvalue weighted by atomic mass is 10.2. The summed E-state index contributed by atoms with van der Waals surface area (Å²) >= 11 is 0. The van der Waals surface area contributed by atoms with Crippen LogP contribution in [-0.2, 0) is 0 Å². The number of rotatable bonds is 1. The molecule has 0 fully saturated rings. The smallest absolute Gasteiger partial charge is 0.337 e. The maximum Gasteiger partial charge on any atom is 0.337 e. The van der Waals surface area contributed by atoms with Crippen molar-refractivity contribution >= 4 is 11.7 Å². The van der Waals surface area contributed by atoms with E-state index in [1.807, 2.05) is 0 Å². The van der Waals surface area contributed by atoms with Gasteiger partial charge < -0.3 is 10.8 Å². The lowest BCUT2D eigenvalue weighted by molar-refractivity contribution is 0.0698. The van der Waals surface area contributed by atoms with Gasteiger partial charge in [-0.05, 0) is 12.1 Å². The first-order valence-corrected chi connectivity index (χ1v) is 2.79. The number of carbonyl (C=O) groups is 1. The minimum Gasteiger partial charge on any atom is -0.478 e. The Morgan fingerprint density at radius 3 is 2.27 bits per heavy atom. The molecule has 11 heavy (non-hydrogen) atoms. The van der Waals surface area contributed by atoms with E-state index in [0.717, 1.165) is 0 Å². The molecule has 0 aromatic heterocycles. The summed E-state index contributed by atoms with van der Waals surface area (Å²) < 4.78 is 0. The number of nitrogen functional groups attached to an aromatic ring is 1. The molecular weight excluding hydrogens is 142 g/mol. The second-order valence-electron chi connectivity index (χ2n) is 1.89. The summed E-state index contributed by atoms with van der Waals surface area (Å²) in [7, 11) is 0. The fraction of sp³-hybridized carbons (Fsp3) is 0.125. The van der Waals surface area contributed by atoms with Crippen molar-refractivity contribution < 1.29 is 9.90 Å². The zero-order chi connectivity index (χ0) is 7.56. The predicted molar refractivity (Wildman–Crippen MR) is 44.5 cm³/mol. The van der Waals surface area contributed by atoms with E-state index in [9.17, 15) is 4.79 Å². The van der Waals surface area contributed by atoms with E-state index in [1.165, 1.54) is 6.07 Å². The summed E-state index contributed by atoms with van der Waals surface area (Å²) in [5.41, 5.74) is 5.80. The minimum atomic E-state index is -0.988. The molecule has 3 N–H and O–H groups in total. The van der Waals surface area contributed by atoms with Crippen molar-refractivity contribution in [3.05, 3.63) is 29.8 Å². The number of carboxylic acids is 1. The van der Waals surface area contributed by atoms with Crippen LogP contribution in [0.5, 0.6) is 0 Å². The maximum absolute atomic E-state index is 10.3. The van der Waals surface area contributed by atoms with Gasteiger partial charge in [-0.1, -0.05) is 19.6 Å². The maximum atomic E-state index is 10.3. The quantitative estimate of drug-likeness (QED) is 0.602. The summed E-state index contributed by atoms with van der Waals surface area (Å²) in [4.78, 5) is 10.3. The molecule has 0 aliphatic rings. The van der Waals surface area contributed by atoms with Crippen molar-refractivity contribution in [2.75, 3.05) is 5.73 Å². The highest BCUT2D eigenvalue weighted by Crippen LogP contribution is 2.08. The Labute approximate surface area is 65.5 Å². The highest BCUT2D eigenvalue weighted by atomic mass is 16.4. The molecule has 60 valence electrons. The van der Waals surface area contributed by atoms with Crippen LogP contribution < -0.4 is 5.73 Å². The number of benzene rings is 1. The molecule has 1 aromatic rings. The van der Waals surface area contributed by atoms with Crippen LogP contribution in [0.4, 0.5) is 5.69 Å². The van der Waals surface area contributed by atoms with E-state index >= 15 is 0 Å². The van der Waals surface area contributed by atoms with Crippen molar-refractivity contribution in [1.82, 2.24) is 0 Å². The highest BCUT2D eigenvalue weighted by molar-refractivity contribution is 5.93. The van der Waals surface area contributed by atoms with E-state index in [0.29, 0.717) is 5.69 Å². The summed E-state index contributed by atoms with van der Waals surface area (Å²) in [5, 5.41) is 8.49. The second kappa shape index (κ2) is 3.61. The Balaban J connectivity index is 0.000001000. The largest absolute Gasteiger partial charge is 0.478 e. The highest BCUT2D eigenvalue weighted by Gasteiger charge is 2.03. The Hall–Kier alpha value is -1.51. The molecule has 0 saturated heterocycles. The van der Waals surface area contributed by atoms with Crippen molar-refractivity contribution in [3.8, 4) is 0 Å². The van der Waals surface area contributed by atoms with Gasteiger partial charge >= 0.3 is 5.97 Å². The van der Waals surface area contributed by atoms with Crippen LogP contribution in [0, 0.1) is 0 Å². The van der Waals surface area contributed by atoms with Gasteiger partial charge in [-0.25, -0.2) is 4.79 Å². The third kappa shape index (κ3) is 1.97. The van der Waals surface area contributed by atoms with Gasteiger partial charge in [-0.3, -0.25) is 0 Å².